The molecule has 60 valence electrons. The van der Waals surface area contributed by atoms with E-state index in [2.05, 4.69) is 11.2 Å². The molecule has 0 aromatic heterocycles. The SMILES string of the molecule is C#CC(C)NC(=O)CC(C)=O. The van der Waals surface area contributed by atoms with Gasteiger partial charge in [0.1, 0.15) is 5.78 Å². The fraction of sp³-hybridized carbons (Fsp3) is 0.500. The van der Waals surface area contributed by atoms with Gasteiger partial charge in [0.2, 0.25) is 5.91 Å². The highest BCUT2D eigenvalue weighted by atomic mass is 16.2. The van der Waals surface area contributed by atoms with Gasteiger partial charge in [-0.3, -0.25) is 9.59 Å². The van der Waals surface area contributed by atoms with Gasteiger partial charge in [-0.25, -0.2) is 0 Å². The Balaban J connectivity index is 3.72. The molecule has 0 aliphatic rings. The van der Waals surface area contributed by atoms with Crippen LogP contribution in [0.3, 0.4) is 0 Å². The highest BCUT2D eigenvalue weighted by Crippen LogP contribution is 1.84. The number of nitrogens with one attached hydrogen (secondary N) is 1. The Morgan fingerprint density at radius 2 is 2.18 bits per heavy atom. The molecule has 3 nitrogen and oxygen atoms in total. The van der Waals surface area contributed by atoms with Crippen molar-refractivity contribution in [2.24, 2.45) is 0 Å². The second-order valence-electron chi connectivity index (χ2n) is 2.33. The second kappa shape index (κ2) is 4.51. The first-order chi connectivity index (χ1) is 5.06. The molecule has 0 aromatic rings. The molecule has 0 spiro atoms. The molecule has 1 amide bonds. The Labute approximate surface area is 66.2 Å². The number of amides is 1. The standard InChI is InChI=1S/C8H11NO2/c1-4-6(2)9-8(11)5-7(3)10/h1,6H,5H2,2-3H3,(H,9,11). The summed E-state index contributed by atoms with van der Waals surface area (Å²) in [5.41, 5.74) is 0. The van der Waals surface area contributed by atoms with Crippen molar-refractivity contribution in [3.05, 3.63) is 0 Å². The number of rotatable bonds is 3. The number of hydrogen-bond acceptors (Lipinski definition) is 2. The van der Waals surface area contributed by atoms with Crippen molar-refractivity contribution in [1.82, 2.24) is 5.32 Å². The fourth-order valence-electron chi connectivity index (χ4n) is 0.560. The van der Waals surface area contributed by atoms with Crippen LogP contribution in [0.5, 0.6) is 0 Å². The van der Waals surface area contributed by atoms with Crippen LogP contribution in [0.1, 0.15) is 20.3 Å². The van der Waals surface area contributed by atoms with Gasteiger partial charge in [-0.2, -0.15) is 0 Å². The van der Waals surface area contributed by atoms with Gasteiger partial charge in [0.05, 0.1) is 12.5 Å². The van der Waals surface area contributed by atoms with E-state index in [-0.39, 0.29) is 24.2 Å². The van der Waals surface area contributed by atoms with Crippen LogP contribution >= 0.6 is 0 Å². The van der Waals surface area contributed by atoms with Gasteiger partial charge in [-0.15, -0.1) is 6.42 Å². The molecular weight excluding hydrogens is 142 g/mol. The minimum absolute atomic E-state index is 0.0913. The third-order valence-corrected chi connectivity index (χ3v) is 1.04. The first kappa shape index (κ1) is 9.70. The zero-order chi connectivity index (χ0) is 8.85. The summed E-state index contributed by atoms with van der Waals surface area (Å²) in [6.45, 7) is 3.04. The molecule has 0 bridgehead atoms. The van der Waals surface area contributed by atoms with Crippen LogP contribution in [0.4, 0.5) is 0 Å². The lowest BCUT2D eigenvalue weighted by molar-refractivity contribution is -0.127. The predicted molar refractivity (Wildman–Crippen MR) is 41.7 cm³/mol. The van der Waals surface area contributed by atoms with Gasteiger partial charge in [0.25, 0.3) is 0 Å². The average molecular weight is 153 g/mol. The van der Waals surface area contributed by atoms with E-state index < -0.39 is 0 Å². The van der Waals surface area contributed by atoms with Crippen LogP contribution in [-0.2, 0) is 9.59 Å². The number of carbonyl (C=O) groups is 2. The summed E-state index contributed by atoms with van der Waals surface area (Å²) in [7, 11) is 0. The van der Waals surface area contributed by atoms with Crippen LogP contribution in [0.2, 0.25) is 0 Å². The maximum atomic E-state index is 10.8. The van der Waals surface area contributed by atoms with Gasteiger partial charge in [-0.1, -0.05) is 5.92 Å². The van der Waals surface area contributed by atoms with E-state index in [1.54, 1.807) is 6.92 Å². The predicted octanol–water partition coefficient (Wildman–Crippen LogP) is 0.103. The van der Waals surface area contributed by atoms with E-state index >= 15 is 0 Å². The largest absolute Gasteiger partial charge is 0.342 e. The van der Waals surface area contributed by atoms with Crippen LogP contribution in [0.25, 0.3) is 0 Å². The molecule has 1 unspecified atom stereocenters. The van der Waals surface area contributed by atoms with E-state index in [0.717, 1.165) is 0 Å². The molecular formula is C8H11NO2. The Bertz CT molecular complexity index is 203. The zero-order valence-electron chi connectivity index (χ0n) is 6.68. The Morgan fingerprint density at radius 1 is 1.64 bits per heavy atom. The fourth-order valence-corrected chi connectivity index (χ4v) is 0.560. The third-order valence-electron chi connectivity index (χ3n) is 1.04. The average Bonchev–Trinajstić information content (AvgIpc) is 1.85. The molecule has 0 radical (unpaired) electrons. The topological polar surface area (TPSA) is 46.2 Å². The molecule has 0 aromatic carbocycles. The van der Waals surface area contributed by atoms with Crippen molar-refractivity contribution in [2.45, 2.75) is 26.3 Å². The smallest absolute Gasteiger partial charge is 0.228 e. The third kappa shape index (κ3) is 5.16. The van der Waals surface area contributed by atoms with Crippen molar-refractivity contribution in [2.75, 3.05) is 0 Å². The lowest BCUT2D eigenvalue weighted by Crippen LogP contribution is -2.32. The molecule has 11 heavy (non-hydrogen) atoms. The zero-order valence-corrected chi connectivity index (χ0v) is 6.68. The van der Waals surface area contributed by atoms with Gasteiger partial charge in [-0.05, 0) is 13.8 Å². The molecule has 0 fully saturated rings. The summed E-state index contributed by atoms with van der Waals surface area (Å²) in [6, 6.07) is -0.304. The van der Waals surface area contributed by atoms with Crippen molar-refractivity contribution in [3.8, 4) is 12.3 Å². The maximum absolute atomic E-state index is 10.8. The molecule has 0 saturated carbocycles. The number of hydrogen-bond donors (Lipinski definition) is 1. The lowest BCUT2D eigenvalue weighted by atomic mass is 10.3. The highest BCUT2D eigenvalue weighted by Gasteiger charge is 2.06. The minimum Gasteiger partial charge on any atom is -0.342 e. The van der Waals surface area contributed by atoms with E-state index in [0.29, 0.717) is 0 Å². The summed E-state index contributed by atoms with van der Waals surface area (Å²) < 4.78 is 0. The van der Waals surface area contributed by atoms with Crippen molar-refractivity contribution >= 4 is 11.7 Å². The number of Topliss-reactive ketones (excluding diaryl/α,β-unsaturated/α-hetero) is 1. The molecule has 0 aliphatic carbocycles. The Hall–Kier alpha value is -1.30. The first-order valence-corrected chi connectivity index (χ1v) is 3.31. The summed E-state index contributed by atoms with van der Waals surface area (Å²) >= 11 is 0. The van der Waals surface area contributed by atoms with Gasteiger partial charge in [0, 0.05) is 0 Å². The van der Waals surface area contributed by atoms with Gasteiger partial charge in [0.15, 0.2) is 0 Å². The van der Waals surface area contributed by atoms with E-state index in [1.165, 1.54) is 6.92 Å². The normalized spacial score (nSPS) is 11.4. The van der Waals surface area contributed by atoms with Gasteiger partial charge >= 0.3 is 0 Å². The molecule has 0 rings (SSSR count). The summed E-state index contributed by atoms with van der Waals surface area (Å²) in [6.07, 6.45) is 4.91. The summed E-state index contributed by atoms with van der Waals surface area (Å²) in [4.78, 5) is 21.2. The number of terminal acetylenes is 1. The minimum atomic E-state index is -0.317. The van der Waals surface area contributed by atoms with Crippen LogP contribution in [0.15, 0.2) is 0 Å². The molecule has 1 N–H and O–H groups in total. The van der Waals surface area contributed by atoms with E-state index in [9.17, 15) is 9.59 Å². The second-order valence-corrected chi connectivity index (χ2v) is 2.33. The van der Waals surface area contributed by atoms with E-state index in [4.69, 9.17) is 6.42 Å². The lowest BCUT2D eigenvalue weighted by Gasteiger charge is -2.04. The summed E-state index contributed by atoms with van der Waals surface area (Å²) in [5.74, 6) is 1.85. The quantitative estimate of drug-likeness (QED) is 0.462. The van der Waals surface area contributed by atoms with Gasteiger partial charge < -0.3 is 5.32 Å². The highest BCUT2D eigenvalue weighted by molar-refractivity contribution is 5.96. The molecule has 0 aliphatic heterocycles. The summed E-state index contributed by atoms with van der Waals surface area (Å²) in [5, 5.41) is 2.46. The molecule has 0 heterocycles. The number of carbonyl (C=O) groups excluding carboxylic acids is 2. The molecule has 0 saturated heterocycles. The molecule has 3 heteroatoms. The first-order valence-electron chi connectivity index (χ1n) is 3.31. The van der Waals surface area contributed by atoms with Crippen molar-refractivity contribution < 1.29 is 9.59 Å². The molecule has 1 atom stereocenters. The van der Waals surface area contributed by atoms with E-state index in [1.807, 2.05) is 0 Å². The Morgan fingerprint density at radius 3 is 2.55 bits per heavy atom. The van der Waals surface area contributed by atoms with Crippen LogP contribution in [0, 0.1) is 12.3 Å². The van der Waals surface area contributed by atoms with Crippen molar-refractivity contribution in [1.29, 1.82) is 0 Å². The van der Waals surface area contributed by atoms with Crippen LogP contribution < -0.4 is 5.32 Å². The van der Waals surface area contributed by atoms with Crippen LogP contribution in [-0.4, -0.2) is 17.7 Å². The maximum Gasteiger partial charge on any atom is 0.228 e. The number of ketones is 1. The monoisotopic (exact) mass is 153 g/mol. The van der Waals surface area contributed by atoms with Crippen molar-refractivity contribution in [3.63, 3.8) is 0 Å². The Kier molecular flexibility index (Phi) is 3.97.